The van der Waals surface area contributed by atoms with Crippen molar-refractivity contribution >= 4 is 5.69 Å². The van der Waals surface area contributed by atoms with Crippen LogP contribution in [0.3, 0.4) is 0 Å². The molecule has 0 aliphatic carbocycles. The van der Waals surface area contributed by atoms with Crippen molar-refractivity contribution in [3.63, 3.8) is 0 Å². The Kier molecular flexibility index (Phi) is 1.36. The van der Waals surface area contributed by atoms with Gasteiger partial charge in [0.15, 0.2) is 0 Å². The maximum atomic E-state index is 5.60. The van der Waals surface area contributed by atoms with Gasteiger partial charge >= 0.3 is 0 Å². The topological polar surface area (TPSA) is 69.9 Å². The van der Waals surface area contributed by atoms with Crippen molar-refractivity contribution in [2.24, 2.45) is 7.05 Å². The number of aryl methyl sites for hydroxylation is 1. The first-order valence-corrected chi connectivity index (χ1v) is 3.47. The van der Waals surface area contributed by atoms with Crippen molar-refractivity contribution in [1.29, 1.82) is 0 Å². The average molecular weight is 164 g/mol. The summed E-state index contributed by atoms with van der Waals surface area (Å²) in [7, 11) is 1.82. The number of rotatable bonds is 1. The molecule has 0 amide bonds. The van der Waals surface area contributed by atoms with Gasteiger partial charge in [-0.05, 0) is 6.07 Å². The Labute approximate surface area is 68.8 Å². The minimum absolute atomic E-state index is 0.526. The van der Waals surface area contributed by atoms with Crippen LogP contribution >= 0.6 is 0 Å². The lowest BCUT2D eigenvalue weighted by molar-refractivity contribution is 0.429. The minimum atomic E-state index is 0.526. The van der Waals surface area contributed by atoms with E-state index in [0.29, 0.717) is 11.4 Å². The maximum Gasteiger partial charge on any atom is 0.207 e. The van der Waals surface area contributed by atoms with E-state index in [1.165, 1.54) is 6.20 Å². The zero-order valence-corrected chi connectivity index (χ0v) is 6.56. The summed E-state index contributed by atoms with van der Waals surface area (Å²) in [6, 6.07) is 1.82. The zero-order valence-electron chi connectivity index (χ0n) is 6.56. The molecule has 2 rings (SSSR count). The van der Waals surface area contributed by atoms with Crippen LogP contribution in [0.2, 0.25) is 0 Å². The van der Waals surface area contributed by atoms with Crippen molar-refractivity contribution in [3.8, 4) is 11.5 Å². The fourth-order valence-corrected chi connectivity index (χ4v) is 1.04. The molecule has 0 spiro atoms. The Morgan fingerprint density at radius 3 is 2.92 bits per heavy atom. The summed E-state index contributed by atoms with van der Waals surface area (Å²) in [5, 5.41) is 7.56. The minimum Gasteiger partial charge on any atom is -0.394 e. The van der Waals surface area contributed by atoms with Crippen LogP contribution in [0.15, 0.2) is 23.0 Å². The monoisotopic (exact) mass is 164 g/mol. The van der Waals surface area contributed by atoms with Crippen molar-refractivity contribution in [2.45, 2.75) is 0 Å². The van der Waals surface area contributed by atoms with E-state index in [4.69, 9.17) is 10.3 Å². The standard InChI is InChI=1S/C7H8N4O/c1-11-6(2-3-9-11)7-5(8)4-10-12-7/h2-4H,8H2,1H3. The number of aromatic nitrogens is 3. The third-order valence-corrected chi connectivity index (χ3v) is 1.65. The second-order valence-corrected chi connectivity index (χ2v) is 2.45. The number of anilines is 1. The van der Waals surface area contributed by atoms with E-state index in [1.54, 1.807) is 10.9 Å². The highest BCUT2D eigenvalue weighted by molar-refractivity contribution is 5.66. The molecule has 2 heterocycles. The van der Waals surface area contributed by atoms with E-state index < -0.39 is 0 Å². The third-order valence-electron chi connectivity index (χ3n) is 1.65. The van der Waals surface area contributed by atoms with Crippen LogP contribution < -0.4 is 5.73 Å². The molecule has 2 aromatic rings. The Hall–Kier alpha value is -1.78. The fraction of sp³-hybridized carbons (Fsp3) is 0.143. The Bertz CT molecular complexity index is 351. The highest BCUT2D eigenvalue weighted by Crippen LogP contribution is 2.23. The molecule has 0 bridgehead atoms. The Balaban J connectivity index is 2.57. The lowest BCUT2D eigenvalue weighted by atomic mass is 10.3. The van der Waals surface area contributed by atoms with Crippen LogP contribution in [-0.4, -0.2) is 14.9 Å². The smallest absolute Gasteiger partial charge is 0.207 e. The van der Waals surface area contributed by atoms with E-state index in [-0.39, 0.29) is 0 Å². The van der Waals surface area contributed by atoms with Gasteiger partial charge in [-0.25, -0.2) is 0 Å². The van der Waals surface area contributed by atoms with Crippen LogP contribution in [-0.2, 0) is 7.05 Å². The van der Waals surface area contributed by atoms with Crippen LogP contribution in [0.4, 0.5) is 5.69 Å². The second-order valence-electron chi connectivity index (χ2n) is 2.45. The maximum absolute atomic E-state index is 5.60. The Morgan fingerprint density at radius 2 is 2.42 bits per heavy atom. The lowest BCUT2D eigenvalue weighted by Crippen LogP contribution is -1.94. The van der Waals surface area contributed by atoms with Crippen molar-refractivity contribution in [1.82, 2.24) is 14.9 Å². The highest BCUT2D eigenvalue weighted by atomic mass is 16.5. The lowest BCUT2D eigenvalue weighted by Gasteiger charge is -1.96. The van der Waals surface area contributed by atoms with E-state index in [1.807, 2.05) is 13.1 Å². The first-order valence-electron chi connectivity index (χ1n) is 3.47. The van der Waals surface area contributed by atoms with Crippen LogP contribution in [0.25, 0.3) is 11.5 Å². The van der Waals surface area contributed by atoms with E-state index in [9.17, 15) is 0 Å². The van der Waals surface area contributed by atoms with Crippen LogP contribution in [0.5, 0.6) is 0 Å². The molecule has 62 valence electrons. The van der Waals surface area contributed by atoms with Gasteiger partial charge in [0.05, 0.1) is 6.20 Å². The number of hydrogen-bond donors (Lipinski definition) is 1. The summed E-state index contributed by atoms with van der Waals surface area (Å²) in [5.41, 5.74) is 6.95. The van der Waals surface area contributed by atoms with E-state index in [2.05, 4.69) is 10.3 Å². The molecular formula is C7H8N4O. The number of nitrogen functional groups attached to an aromatic ring is 1. The predicted octanol–water partition coefficient (Wildman–Crippen LogP) is 0.657. The van der Waals surface area contributed by atoms with Gasteiger partial charge in [0, 0.05) is 13.2 Å². The molecule has 2 N–H and O–H groups in total. The molecular weight excluding hydrogens is 156 g/mol. The summed E-state index contributed by atoms with van der Waals surface area (Å²) in [6.07, 6.45) is 3.15. The molecule has 5 heteroatoms. The third kappa shape index (κ3) is 0.868. The highest BCUT2D eigenvalue weighted by Gasteiger charge is 2.10. The first kappa shape index (κ1) is 6.90. The van der Waals surface area contributed by atoms with E-state index >= 15 is 0 Å². The molecule has 0 aromatic carbocycles. The normalized spacial score (nSPS) is 10.4. The van der Waals surface area contributed by atoms with Gasteiger partial charge in [0.2, 0.25) is 5.76 Å². The van der Waals surface area contributed by atoms with Crippen molar-refractivity contribution in [2.75, 3.05) is 5.73 Å². The number of nitrogens with two attached hydrogens (primary N) is 1. The molecule has 2 aromatic heterocycles. The van der Waals surface area contributed by atoms with Gasteiger partial charge in [0.25, 0.3) is 0 Å². The van der Waals surface area contributed by atoms with Crippen LogP contribution in [0.1, 0.15) is 0 Å². The molecule has 0 atom stereocenters. The van der Waals surface area contributed by atoms with Crippen molar-refractivity contribution in [3.05, 3.63) is 18.5 Å². The van der Waals surface area contributed by atoms with Crippen molar-refractivity contribution < 1.29 is 4.52 Å². The molecule has 5 nitrogen and oxygen atoms in total. The molecule has 0 saturated carbocycles. The summed E-state index contributed by atoms with van der Waals surface area (Å²) < 4.78 is 6.63. The largest absolute Gasteiger partial charge is 0.394 e. The van der Waals surface area contributed by atoms with Gasteiger partial charge in [0.1, 0.15) is 11.4 Å². The SMILES string of the molecule is Cn1nccc1-c1oncc1N. The van der Waals surface area contributed by atoms with Gasteiger partial charge < -0.3 is 10.3 Å². The molecule has 12 heavy (non-hydrogen) atoms. The fourth-order valence-electron chi connectivity index (χ4n) is 1.04. The van der Waals surface area contributed by atoms with Gasteiger partial charge in [-0.15, -0.1) is 0 Å². The first-order chi connectivity index (χ1) is 5.79. The molecule has 0 unspecified atom stereocenters. The molecule has 0 fully saturated rings. The summed E-state index contributed by atoms with van der Waals surface area (Å²) >= 11 is 0. The predicted molar refractivity (Wildman–Crippen MR) is 43.1 cm³/mol. The molecule has 0 aliphatic heterocycles. The van der Waals surface area contributed by atoms with Gasteiger partial charge in [-0.1, -0.05) is 5.16 Å². The van der Waals surface area contributed by atoms with E-state index in [0.717, 1.165) is 5.69 Å². The van der Waals surface area contributed by atoms with Gasteiger partial charge in [-0.2, -0.15) is 5.10 Å². The zero-order chi connectivity index (χ0) is 8.55. The molecule has 0 radical (unpaired) electrons. The number of nitrogens with zero attached hydrogens (tertiary/aromatic N) is 3. The second kappa shape index (κ2) is 2.37. The quantitative estimate of drug-likeness (QED) is 0.672. The summed E-state index contributed by atoms with van der Waals surface area (Å²) in [5.74, 6) is 0.565. The summed E-state index contributed by atoms with van der Waals surface area (Å²) in [6.45, 7) is 0. The average Bonchev–Trinajstić information content (AvgIpc) is 2.59. The Morgan fingerprint density at radius 1 is 1.58 bits per heavy atom. The van der Waals surface area contributed by atoms with Crippen LogP contribution in [0, 0.1) is 0 Å². The summed E-state index contributed by atoms with van der Waals surface area (Å²) in [4.78, 5) is 0. The molecule has 0 saturated heterocycles. The van der Waals surface area contributed by atoms with Gasteiger partial charge in [-0.3, -0.25) is 4.68 Å². The molecule has 0 aliphatic rings. The number of hydrogen-bond acceptors (Lipinski definition) is 4.